The van der Waals surface area contributed by atoms with Crippen LogP contribution < -0.4 is 0 Å². The zero-order valence-electron chi connectivity index (χ0n) is 13.3. The van der Waals surface area contributed by atoms with Crippen LogP contribution in [0, 0.1) is 5.92 Å². The Kier molecular flexibility index (Phi) is 4.08. The molecule has 3 heterocycles. The van der Waals surface area contributed by atoms with E-state index in [1.807, 2.05) is 23.7 Å². The maximum atomic E-state index is 11.3. The number of likely N-dealkylation sites (tertiary alicyclic amines) is 1. The first kappa shape index (κ1) is 15.4. The summed E-state index contributed by atoms with van der Waals surface area (Å²) >= 11 is 1.62. The van der Waals surface area contributed by atoms with Gasteiger partial charge in [-0.15, -0.1) is 11.3 Å². The second kappa shape index (κ2) is 6.37. The van der Waals surface area contributed by atoms with Gasteiger partial charge in [-0.3, -0.25) is 14.3 Å². The van der Waals surface area contributed by atoms with E-state index >= 15 is 0 Å². The van der Waals surface area contributed by atoms with E-state index in [1.165, 1.54) is 5.39 Å². The number of aliphatic carboxylic acids is 1. The fraction of sp³-hybridized carbons (Fsp3) is 0.333. The van der Waals surface area contributed by atoms with Crippen LogP contribution in [0.1, 0.15) is 18.5 Å². The lowest BCUT2D eigenvalue weighted by Gasteiger charge is -2.30. The van der Waals surface area contributed by atoms with Crippen molar-refractivity contribution in [1.82, 2.24) is 14.5 Å². The maximum absolute atomic E-state index is 11.3. The first-order valence-corrected chi connectivity index (χ1v) is 9.05. The molecule has 0 bridgehead atoms. The van der Waals surface area contributed by atoms with Gasteiger partial charge in [0.05, 0.1) is 11.4 Å². The fourth-order valence-corrected chi connectivity index (χ4v) is 4.20. The molecule has 0 spiro atoms. The van der Waals surface area contributed by atoms with E-state index in [2.05, 4.69) is 32.7 Å². The number of piperidine rings is 1. The summed E-state index contributed by atoms with van der Waals surface area (Å²) in [6, 6.07) is 10.5. The molecule has 1 saturated heterocycles. The standard InChI is InChI=1S/C18H19N3O2S/c22-17(23)14-5-3-8-20(11-14)12-15-10-13-4-1-2-6-16(13)21(15)18-19-7-9-24-18/h1-2,4,6-7,9-10,14H,3,5,8,11-12H2,(H,22,23). The van der Waals surface area contributed by atoms with Crippen LogP contribution in [0.4, 0.5) is 0 Å². The van der Waals surface area contributed by atoms with Crippen molar-refractivity contribution < 1.29 is 9.90 Å². The molecule has 0 amide bonds. The third-order valence-electron chi connectivity index (χ3n) is 4.64. The topological polar surface area (TPSA) is 58.4 Å². The molecule has 6 heteroatoms. The predicted molar refractivity (Wildman–Crippen MR) is 94.6 cm³/mol. The highest BCUT2D eigenvalue weighted by Gasteiger charge is 2.26. The van der Waals surface area contributed by atoms with E-state index < -0.39 is 5.97 Å². The molecule has 4 rings (SSSR count). The van der Waals surface area contributed by atoms with Crippen LogP contribution in [0.5, 0.6) is 0 Å². The number of benzene rings is 1. The number of thiazole rings is 1. The van der Waals surface area contributed by atoms with Gasteiger partial charge in [0.1, 0.15) is 0 Å². The summed E-state index contributed by atoms with van der Waals surface area (Å²) in [6.45, 7) is 2.32. The first-order chi connectivity index (χ1) is 11.7. The molecular formula is C18H19N3O2S. The molecule has 0 saturated carbocycles. The summed E-state index contributed by atoms with van der Waals surface area (Å²) < 4.78 is 2.20. The third kappa shape index (κ3) is 2.83. The Balaban J connectivity index is 1.69. The van der Waals surface area contributed by atoms with E-state index in [-0.39, 0.29) is 5.92 Å². The lowest BCUT2D eigenvalue weighted by molar-refractivity contribution is -0.143. The van der Waals surface area contributed by atoms with E-state index in [0.717, 1.165) is 42.3 Å². The fourth-order valence-electron chi connectivity index (χ4n) is 3.51. The van der Waals surface area contributed by atoms with Crippen LogP contribution in [0.3, 0.4) is 0 Å². The molecule has 5 nitrogen and oxygen atoms in total. The number of nitrogens with zero attached hydrogens (tertiary/aromatic N) is 3. The zero-order chi connectivity index (χ0) is 16.5. The number of aromatic nitrogens is 2. The van der Waals surface area contributed by atoms with E-state index in [1.54, 1.807) is 11.3 Å². The Morgan fingerprint density at radius 3 is 3.04 bits per heavy atom. The second-order valence-corrected chi connectivity index (χ2v) is 7.13. The summed E-state index contributed by atoms with van der Waals surface area (Å²) in [7, 11) is 0. The minimum Gasteiger partial charge on any atom is -0.481 e. The molecule has 124 valence electrons. The SMILES string of the molecule is O=C(O)C1CCCN(Cc2cc3ccccc3n2-c2nccs2)C1. The number of fused-ring (bicyclic) bond motifs is 1. The molecule has 2 aromatic heterocycles. The van der Waals surface area contributed by atoms with Gasteiger partial charge in [0, 0.05) is 35.7 Å². The lowest BCUT2D eigenvalue weighted by Crippen LogP contribution is -2.38. The normalized spacial score (nSPS) is 18.9. The Morgan fingerprint density at radius 1 is 1.38 bits per heavy atom. The summed E-state index contributed by atoms with van der Waals surface area (Å²) in [4.78, 5) is 18.0. The molecular weight excluding hydrogens is 322 g/mol. The quantitative estimate of drug-likeness (QED) is 0.790. The summed E-state index contributed by atoms with van der Waals surface area (Å²) in [5, 5.41) is 13.4. The molecule has 1 N–H and O–H groups in total. The number of carbonyl (C=O) groups is 1. The van der Waals surface area contributed by atoms with Crippen molar-refractivity contribution in [2.24, 2.45) is 5.92 Å². The van der Waals surface area contributed by atoms with E-state index in [9.17, 15) is 9.90 Å². The van der Waals surface area contributed by atoms with Crippen LogP contribution in [0.2, 0.25) is 0 Å². The molecule has 0 aliphatic carbocycles. The van der Waals surface area contributed by atoms with Crippen molar-refractivity contribution in [2.75, 3.05) is 13.1 Å². The number of para-hydroxylation sites is 1. The van der Waals surface area contributed by atoms with Gasteiger partial charge >= 0.3 is 5.97 Å². The van der Waals surface area contributed by atoms with Crippen LogP contribution in [0.15, 0.2) is 41.9 Å². The van der Waals surface area contributed by atoms with Gasteiger partial charge in [-0.25, -0.2) is 4.98 Å². The van der Waals surface area contributed by atoms with Gasteiger partial charge in [-0.05, 0) is 31.5 Å². The lowest BCUT2D eigenvalue weighted by atomic mass is 9.98. The smallest absolute Gasteiger partial charge is 0.307 e. The van der Waals surface area contributed by atoms with E-state index in [0.29, 0.717) is 6.54 Å². The van der Waals surface area contributed by atoms with E-state index in [4.69, 9.17) is 0 Å². The van der Waals surface area contributed by atoms with Crippen molar-refractivity contribution in [3.05, 3.63) is 47.6 Å². The van der Waals surface area contributed by atoms with Crippen molar-refractivity contribution >= 4 is 28.2 Å². The number of hydrogen-bond donors (Lipinski definition) is 1. The van der Waals surface area contributed by atoms with Gasteiger partial charge in [-0.1, -0.05) is 18.2 Å². The first-order valence-electron chi connectivity index (χ1n) is 8.17. The van der Waals surface area contributed by atoms with Gasteiger partial charge in [0.25, 0.3) is 0 Å². The number of carboxylic acid groups (broad SMARTS) is 1. The monoisotopic (exact) mass is 341 g/mol. The van der Waals surface area contributed by atoms with Gasteiger partial charge in [0.15, 0.2) is 5.13 Å². The summed E-state index contributed by atoms with van der Waals surface area (Å²) in [5.74, 6) is -0.934. The second-order valence-electron chi connectivity index (χ2n) is 6.26. The van der Waals surface area contributed by atoms with Crippen LogP contribution in [0.25, 0.3) is 16.0 Å². The van der Waals surface area contributed by atoms with Crippen molar-refractivity contribution in [3.63, 3.8) is 0 Å². The highest BCUT2D eigenvalue weighted by molar-refractivity contribution is 7.12. The van der Waals surface area contributed by atoms with Crippen molar-refractivity contribution in [1.29, 1.82) is 0 Å². The maximum Gasteiger partial charge on any atom is 0.307 e. The molecule has 24 heavy (non-hydrogen) atoms. The molecule has 3 aromatic rings. The van der Waals surface area contributed by atoms with Crippen molar-refractivity contribution in [2.45, 2.75) is 19.4 Å². The summed E-state index contributed by atoms with van der Waals surface area (Å²) in [5.41, 5.74) is 2.31. The minimum absolute atomic E-state index is 0.253. The van der Waals surface area contributed by atoms with Gasteiger partial charge in [0.2, 0.25) is 0 Å². The minimum atomic E-state index is -0.680. The third-order valence-corrected chi connectivity index (χ3v) is 5.39. The van der Waals surface area contributed by atoms with Crippen LogP contribution in [-0.4, -0.2) is 38.6 Å². The Morgan fingerprint density at radius 2 is 2.25 bits per heavy atom. The largest absolute Gasteiger partial charge is 0.481 e. The molecule has 0 radical (unpaired) electrons. The molecule has 1 fully saturated rings. The summed E-state index contributed by atoms with van der Waals surface area (Å²) in [6.07, 6.45) is 3.54. The highest BCUT2D eigenvalue weighted by atomic mass is 32.1. The van der Waals surface area contributed by atoms with Crippen molar-refractivity contribution in [3.8, 4) is 5.13 Å². The predicted octanol–water partition coefficient (Wildman–Crippen LogP) is 3.38. The molecule has 1 aromatic carbocycles. The van der Waals surface area contributed by atoms with Gasteiger partial charge in [-0.2, -0.15) is 0 Å². The van der Waals surface area contributed by atoms with Crippen LogP contribution >= 0.6 is 11.3 Å². The number of carboxylic acids is 1. The molecule has 1 unspecified atom stereocenters. The highest BCUT2D eigenvalue weighted by Crippen LogP contribution is 2.27. The Labute approximate surface area is 144 Å². The molecule has 1 aliphatic heterocycles. The van der Waals surface area contributed by atoms with Crippen LogP contribution in [-0.2, 0) is 11.3 Å². The van der Waals surface area contributed by atoms with Gasteiger partial charge < -0.3 is 5.11 Å². The average molecular weight is 341 g/mol. The number of rotatable bonds is 4. The average Bonchev–Trinajstić information content (AvgIpc) is 3.21. The number of hydrogen-bond acceptors (Lipinski definition) is 4. The zero-order valence-corrected chi connectivity index (χ0v) is 14.1. The molecule has 1 aliphatic rings. The Bertz CT molecular complexity index is 856. The Hall–Kier alpha value is -2.18. The molecule has 1 atom stereocenters.